The molecule has 0 aliphatic carbocycles. The van der Waals surface area contributed by atoms with Crippen LogP contribution in [0.1, 0.15) is 97.9 Å². The monoisotopic (exact) mass is 556 g/mol. The molecule has 8 heteroatoms. The van der Waals surface area contributed by atoms with Crippen molar-refractivity contribution in [1.82, 2.24) is 0 Å². The van der Waals surface area contributed by atoms with E-state index in [0.29, 0.717) is 69.2 Å². The molecule has 0 fully saturated rings. The summed E-state index contributed by atoms with van der Waals surface area (Å²) in [6.07, 6.45) is 4.27. The SMILES string of the molecule is CC(C)CCOC(=O)c1ccccc1.CC(C)CCOC=O.CCCC(=O)OCCC(C)C.CCOCCO. The highest BCUT2D eigenvalue weighted by Crippen LogP contribution is 2.04. The van der Waals surface area contributed by atoms with Crippen molar-refractivity contribution < 1.29 is 38.4 Å². The number of benzene rings is 1. The van der Waals surface area contributed by atoms with E-state index in [4.69, 9.17) is 19.3 Å². The molecule has 0 atom stereocenters. The second-order valence-electron chi connectivity index (χ2n) is 9.91. The first-order valence-corrected chi connectivity index (χ1v) is 14.2. The van der Waals surface area contributed by atoms with Crippen LogP contribution in [0, 0.1) is 17.8 Å². The third-order valence-corrected chi connectivity index (χ3v) is 4.67. The normalized spacial score (nSPS) is 9.85. The molecule has 8 nitrogen and oxygen atoms in total. The molecule has 228 valence electrons. The minimum atomic E-state index is -0.230. The summed E-state index contributed by atoms with van der Waals surface area (Å²) in [5, 5.41) is 8.07. The number of ether oxygens (including phenoxy) is 4. The number of carbonyl (C=O) groups excluding carboxylic acids is 3. The average Bonchev–Trinajstić information content (AvgIpc) is 2.89. The number of hydrogen-bond donors (Lipinski definition) is 1. The van der Waals surface area contributed by atoms with Crippen molar-refractivity contribution in [3.8, 4) is 0 Å². The van der Waals surface area contributed by atoms with Gasteiger partial charge in [-0.1, -0.05) is 66.7 Å². The molecule has 1 N–H and O–H groups in total. The van der Waals surface area contributed by atoms with E-state index in [9.17, 15) is 14.4 Å². The summed E-state index contributed by atoms with van der Waals surface area (Å²) in [4.78, 5) is 31.8. The molecule has 1 aromatic carbocycles. The van der Waals surface area contributed by atoms with Crippen molar-refractivity contribution in [2.24, 2.45) is 17.8 Å². The predicted molar refractivity (Wildman–Crippen MR) is 157 cm³/mol. The van der Waals surface area contributed by atoms with Crippen LogP contribution in [-0.4, -0.2) is 63.2 Å². The first-order chi connectivity index (χ1) is 18.5. The Hall–Kier alpha value is -2.45. The van der Waals surface area contributed by atoms with Gasteiger partial charge in [-0.25, -0.2) is 4.79 Å². The fraction of sp³-hybridized carbons (Fsp3) is 0.710. The molecular formula is C31H56O8. The summed E-state index contributed by atoms with van der Waals surface area (Å²) in [7, 11) is 0. The quantitative estimate of drug-likeness (QED) is 0.107. The number of aliphatic hydroxyl groups is 1. The van der Waals surface area contributed by atoms with Crippen LogP contribution in [0.5, 0.6) is 0 Å². The first kappa shape index (κ1) is 41.0. The minimum Gasteiger partial charge on any atom is -0.468 e. The Balaban J connectivity index is -0.000000466. The Bertz CT molecular complexity index is 656. The van der Waals surface area contributed by atoms with Crippen molar-refractivity contribution in [1.29, 1.82) is 0 Å². The molecule has 0 spiro atoms. The fourth-order valence-corrected chi connectivity index (χ4v) is 2.29. The van der Waals surface area contributed by atoms with E-state index in [1.54, 1.807) is 12.1 Å². The molecule has 0 radical (unpaired) electrons. The Morgan fingerprint density at radius 2 is 1.31 bits per heavy atom. The smallest absolute Gasteiger partial charge is 0.338 e. The van der Waals surface area contributed by atoms with Crippen molar-refractivity contribution in [2.75, 3.05) is 39.6 Å². The minimum absolute atomic E-state index is 0.0619. The number of esters is 2. The van der Waals surface area contributed by atoms with Crippen LogP contribution in [0.4, 0.5) is 0 Å². The van der Waals surface area contributed by atoms with Gasteiger partial charge in [-0.3, -0.25) is 9.59 Å². The topological polar surface area (TPSA) is 108 Å². The molecule has 0 saturated heterocycles. The summed E-state index contributed by atoms with van der Waals surface area (Å²) >= 11 is 0. The van der Waals surface area contributed by atoms with Crippen molar-refractivity contribution >= 4 is 18.4 Å². The molecule has 0 aromatic heterocycles. The molecule has 0 aliphatic rings. The van der Waals surface area contributed by atoms with Gasteiger partial charge in [-0.2, -0.15) is 0 Å². The summed E-state index contributed by atoms with van der Waals surface area (Å²) in [5.74, 6) is 1.51. The van der Waals surface area contributed by atoms with Crippen LogP contribution in [0.25, 0.3) is 0 Å². The molecule has 39 heavy (non-hydrogen) atoms. The Kier molecular flexibility index (Phi) is 33.4. The van der Waals surface area contributed by atoms with Gasteiger partial charge in [-0.15, -0.1) is 0 Å². The largest absolute Gasteiger partial charge is 0.468 e. The lowest BCUT2D eigenvalue weighted by atomic mass is 10.1. The average molecular weight is 557 g/mol. The van der Waals surface area contributed by atoms with Gasteiger partial charge in [0.25, 0.3) is 6.47 Å². The summed E-state index contributed by atoms with van der Waals surface area (Å²) in [6.45, 7) is 19.9. The lowest BCUT2D eigenvalue weighted by molar-refractivity contribution is -0.144. The number of rotatable bonds is 16. The van der Waals surface area contributed by atoms with Gasteiger partial charge in [0.15, 0.2) is 0 Å². The molecule has 0 aliphatic heterocycles. The molecule has 0 heterocycles. The van der Waals surface area contributed by atoms with E-state index < -0.39 is 0 Å². The Morgan fingerprint density at radius 1 is 0.795 bits per heavy atom. The maximum absolute atomic E-state index is 11.4. The highest BCUT2D eigenvalue weighted by Gasteiger charge is 2.05. The van der Waals surface area contributed by atoms with Gasteiger partial charge in [0.05, 0.1) is 38.6 Å². The van der Waals surface area contributed by atoms with Gasteiger partial charge in [-0.05, 0) is 62.5 Å². The van der Waals surface area contributed by atoms with E-state index in [1.807, 2.05) is 32.0 Å². The zero-order valence-corrected chi connectivity index (χ0v) is 25.8. The summed E-state index contributed by atoms with van der Waals surface area (Å²) < 4.78 is 19.3. The summed E-state index contributed by atoms with van der Waals surface area (Å²) in [5.41, 5.74) is 0.622. The van der Waals surface area contributed by atoms with Crippen LogP contribution < -0.4 is 0 Å². The second kappa shape index (κ2) is 31.8. The van der Waals surface area contributed by atoms with Gasteiger partial charge in [0.2, 0.25) is 0 Å². The van der Waals surface area contributed by atoms with Crippen molar-refractivity contribution in [3.63, 3.8) is 0 Å². The van der Waals surface area contributed by atoms with Gasteiger partial charge in [0.1, 0.15) is 0 Å². The van der Waals surface area contributed by atoms with Crippen LogP contribution in [0.15, 0.2) is 30.3 Å². The van der Waals surface area contributed by atoms with E-state index in [1.165, 1.54) is 0 Å². The lowest BCUT2D eigenvalue weighted by Crippen LogP contribution is -2.07. The molecule has 0 bridgehead atoms. The number of hydrogen-bond acceptors (Lipinski definition) is 8. The number of aliphatic hydroxyl groups excluding tert-OH is 1. The molecule has 1 aromatic rings. The van der Waals surface area contributed by atoms with E-state index in [0.717, 1.165) is 25.7 Å². The van der Waals surface area contributed by atoms with Crippen molar-refractivity contribution in [3.05, 3.63) is 35.9 Å². The molecular weight excluding hydrogens is 500 g/mol. The third-order valence-electron chi connectivity index (χ3n) is 4.67. The van der Waals surface area contributed by atoms with Crippen LogP contribution in [-0.2, 0) is 28.5 Å². The molecule has 0 unspecified atom stereocenters. The Morgan fingerprint density at radius 3 is 1.72 bits per heavy atom. The molecule has 0 saturated carbocycles. The van der Waals surface area contributed by atoms with Crippen molar-refractivity contribution in [2.45, 2.75) is 87.5 Å². The summed E-state index contributed by atoms with van der Waals surface area (Å²) in [6, 6.07) is 9.07. The van der Waals surface area contributed by atoms with Gasteiger partial charge >= 0.3 is 11.9 Å². The zero-order chi connectivity index (χ0) is 30.3. The molecule has 0 amide bonds. The fourth-order valence-electron chi connectivity index (χ4n) is 2.29. The lowest BCUT2D eigenvalue weighted by Gasteiger charge is -2.06. The number of carbonyl (C=O) groups is 3. The maximum Gasteiger partial charge on any atom is 0.338 e. The van der Waals surface area contributed by atoms with Gasteiger partial charge < -0.3 is 24.1 Å². The standard InChI is InChI=1S/C12H16O2.C9H18O2.C6H12O2.C4H10O2/c1-10(2)8-9-14-12(13)11-6-4-3-5-7-11;1-4-5-9(10)11-7-6-8(2)3;1-6(2)3-4-8-5-7;1-2-6-4-3-5/h3-7,10H,8-9H2,1-2H3;8H,4-7H2,1-3H3;5-6H,3-4H2,1-2H3;5H,2-4H2,1H3. The van der Waals surface area contributed by atoms with E-state index >= 15 is 0 Å². The highest BCUT2D eigenvalue weighted by molar-refractivity contribution is 5.89. The third kappa shape index (κ3) is 37.8. The van der Waals surface area contributed by atoms with E-state index in [2.05, 4.69) is 46.3 Å². The second-order valence-corrected chi connectivity index (χ2v) is 9.91. The van der Waals surface area contributed by atoms with Crippen LogP contribution >= 0.6 is 0 Å². The zero-order valence-electron chi connectivity index (χ0n) is 25.8. The first-order valence-electron chi connectivity index (χ1n) is 14.2. The predicted octanol–water partition coefficient (Wildman–Crippen LogP) is 6.49. The van der Waals surface area contributed by atoms with E-state index in [-0.39, 0.29) is 18.5 Å². The Labute approximate surface area is 237 Å². The van der Waals surface area contributed by atoms with Gasteiger partial charge in [0, 0.05) is 13.0 Å². The van der Waals surface area contributed by atoms with Crippen LogP contribution in [0.2, 0.25) is 0 Å². The highest BCUT2D eigenvalue weighted by atomic mass is 16.5. The maximum atomic E-state index is 11.4. The van der Waals surface area contributed by atoms with Crippen LogP contribution in [0.3, 0.4) is 0 Å². The molecule has 1 rings (SSSR count).